The van der Waals surface area contributed by atoms with Crippen molar-refractivity contribution < 1.29 is 22.0 Å². The van der Waals surface area contributed by atoms with Crippen LogP contribution in [0.25, 0.3) is 0 Å². The van der Waals surface area contributed by atoms with Crippen LogP contribution in [0.5, 0.6) is 0 Å². The number of hydrogen-bond acceptors (Lipinski definition) is 2. The summed E-state index contributed by atoms with van der Waals surface area (Å²) < 4.78 is 63.8. The SMILES string of the molecule is CSC(=N)c1c(F)c(F)c(F)c(F)c1F. The molecule has 1 aromatic carbocycles. The van der Waals surface area contributed by atoms with E-state index in [1.54, 1.807) is 0 Å². The molecule has 0 aliphatic heterocycles. The highest BCUT2D eigenvalue weighted by Crippen LogP contribution is 2.25. The zero-order valence-electron chi connectivity index (χ0n) is 7.30. The molecule has 0 unspecified atom stereocenters. The number of nitrogens with one attached hydrogen (secondary N) is 1. The van der Waals surface area contributed by atoms with Gasteiger partial charge in [-0.1, -0.05) is 0 Å². The van der Waals surface area contributed by atoms with Crippen molar-refractivity contribution in [1.29, 1.82) is 5.41 Å². The predicted octanol–water partition coefficient (Wildman–Crippen LogP) is 3.07. The molecule has 1 nitrogen and oxygen atoms in total. The largest absolute Gasteiger partial charge is 0.293 e. The molecule has 0 atom stereocenters. The van der Waals surface area contributed by atoms with E-state index >= 15 is 0 Å². The molecule has 1 N–H and O–H groups in total. The average molecular weight is 241 g/mol. The molecule has 0 aliphatic carbocycles. The summed E-state index contributed by atoms with van der Waals surface area (Å²) in [6.45, 7) is 0. The molecule has 0 saturated heterocycles. The maximum absolute atomic E-state index is 13.0. The summed E-state index contributed by atoms with van der Waals surface area (Å²) in [6, 6.07) is 0. The third-order valence-electron chi connectivity index (χ3n) is 1.64. The number of hydrogen-bond donors (Lipinski definition) is 1. The Morgan fingerprint density at radius 1 is 0.867 bits per heavy atom. The van der Waals surface area contributed by atoms with Gasteiger partial charge in [0.25, 0.3) is 0 Å². The van der Waals surface area contributed by atoms with Crippen LogP contribution in [0.4, 0.5) is 22.0 Å². The van der Waals surface area contributed by atoms with E-state index in [2.05, 4.69) is 0 Å². The minimum absolute atomic E-state index is 0.577. The van der Waals surface area contributed by atoms with Gasteiger partial charge in [-0.05, 0) is 6.26 Å². The molecule has 1 rings (SSSR count). The van der Waals surface area contributed by atoms with Gasteiger partial charge in [-0.25, -0.2) is 22.0 Å². The van der Waals surface area contributed by atoms with Gasteiger partial charge in [0.2, 0.25) is 5.82 Å². The van der Waals surface area contributed by atoms with Crippen molar-refractivity contribution in [2.45, 2.75) is 0 Å². The standard InChI is InChI=1S/C8H4F5NS/c1-15-8(14)2-3(9)5(11)7(13)6(12)4(2)10/h14H,1H3. The highest BCUT2D eigenvalue weighted by Gasteiger charge is 2.27. The summed E-state index contributed by atoms with van der Waals surface area (Å²) in [5.41, 5.74) is -1.20. The first-order chi connectivity index (χ1) is 6.91. The van der Waals surface area contributed by atoms with Gasteiger partial charge in [-0.2, -0.15) is 0 Å². The maximum atomic E-state index is 13.0. The molecule has 0 aromatic heterocycles. The molecule has 0 heterocycles. The number of rotatable bonds is 1. The first-order valence-corrected chi connectivity index (χ1v) is 4.78. The first kappa shape index (κ1) is 12.0. The fourth-order valence-electron chi connectivity index (χ4n) is 0.906. The first-order valence-electron chi connectivity index (χ1n) is 3.56. The lowest BCUT2D eigenvalue weighted by atomic mass is 10.2. The van der Waals surface area contributed by atoms with Crippen LogP contribution in [0.1, 0.15) is 5.56 Å². The minimum Gasteiger partial charge on any atom is -0.293 e. The van der Waals surface area contributed by atoms with E-state index in [1.165, 1.54) is 6.26 Å². The molecule has 0 radical (unpaired) electrons. The summed E-state index contributed by atoms with van der Waals surface area (Å²) >= 11 is 0.577. The lowest BCUT2D eigenvalue weighted by Crippen LogP contribution is -2.10. The van der Waals surface area contributed by atoms with E-state index in [9.17, 15) is 22.0 Å². The Bertz CT molecular complexity index is 403. The van der Waals surface area contributed by atoms with Crippen LogP contribution in [-0.4, -0.2) is 11.3 Å². The Balaban J connectivity index is 3.60. The van der Waals surface area contributed by atoms with E-state index < -0.39 is 39.7 Å². The lowest BCUT2D eigenvalue weighted by molar-refractivity contribution is 0.377. The Hall–Kier alpha value is -1.11. The second-order valence-corrected chi connectivity index (χ2v) is 3.29. The van der Waals surface area contributed by atoms with E-state index in [0.717, 1.165) is 0 Å². The smallest absolute Gasteiger partial charge is 0.200 e. The van der Waals surface area contributed by atoms with Crippen molar-refractivity contribution in [3.63, 3.8) is 0 Å². The highest BCUT2D eigenvalue weighted by atomic mass is 32.2. The number of benzene rings is 1. The van der Waals surface area contributed by atoms with Crippen molar-refractivity contribution in [1.82, 2.24) is 0 Å². The zero-order chi connectivity index (χ0) is 11.7. The monoisotopic (exact) mass is 241 g/mol. The van der Waals surface area contributed by atoms with Crippen LogP contribution in [-0.2, 0) is 0 Å². The second-order valence-electron chi connectivity index (χ2n) is 2.48. The quantitative estimate of drug-likeness (QED) is 0.264. The highest BCUT2D eigenvalue weighted by molar-refractivity contribution is 8.13. The summed E-state index contributed by atoms with van der Waals surface area (Å²) in [4.78, 5) is 0. The molecule has 7 heteroatoms. The Kier molecular flexibility index (Phi) is 3.33. The van der Waals surface area contributed by atoms with Crippen molar-refractivity contribution in [2.24, 2.45) is 0 Å². The normalized spacial score (nSPS) is 10.5. The third-order valence-corrected chi connectivity index (χ3v) is 2.25. The van der Waals surface area contributed by atoms with Gasteiger partial charge in [0.1, 0.15) is 5.04 Å². The van der Waals surface area contributed by atoms with Gasteiger partial charge in [-0.3, -0.25) is 5.41 Å². The molecular formula is C8H4F5NS. The third kappa shape index (κ3) is 1.83. The molecule has 1 aromatic rings. The van der Waals surface area contributed by atoms with Crippen LogP contribution in [0.3, 0.4) is 0 Å². The van der Waals surface area contributed by atoms with Gasteiger partial charge in [0.15, 0.2) is 23.3 Å². The summed E-state index contributed by atoms with van der Waals surface area (Å²) in [7, 11) is 0. The molecule has 0 fully saturated rings. The molecule has 82 valence electrons. The van der Waals surface area contributed by atoms with Gasteiger partial charge < -0.3 is 0 Å². The predicted molar refractivity (Wildman–Crippen MR) is 46.6 cm³/mol. The average Bonchev–Trinajstić information content (AvgIpc) is 2.23. The second kappa shape index (κ2) is 4.18. The number of halogens is 5. The van der Waals surface area contributed by atoms with Crippen LogP contribution in [0, 0.1) is 34.5 Å². The van der Waals surface area contributed by atoms with Gasteiger partial charge in [0.05, 0.1) is 5.56 Å². The maximum Gasteiger partial charge on any atom is 0.200 e. The lowest BCUT2D eigenvalue weighted by Gasteiger charge is -2.07. The molecule has 0 amide bonds. The topological polar surface area (TPSA) is 23.9 Å². The molecule has 0 saturated carbocycles. The summed E-state index contributed by atoms with van der Waals surface area (Å²) in [5, 5.41) is 6.33. The van der Waals surface area contributed by atoms with Crippen molar-refractivity contribution in [3.05, 3.63) is 34.6 Å². The van der Waals surface area contributed by atoms with Gasteiger partial charge >= 0.3 is 0 Å². The van der Waals surface area contributed by atoms with Crippen molar-refractivity contribution in [3.8, 4) is 0 Å². The van der Waals surface area contributed by atoms with E-state index in [0.29, 0.717) is 11.8 Å². The van der Waals surface area contributed by atoms with Gasteiger partial charge in [-0.15, -0.1) is 11.8 Å². The van der Waals surface area contributed by atoms with Crippen LogP contribution < -0.4 is 0 Å². The van der Waals surface area contributed by atoms with Crippen LogP contribution >= 0.6 is 11.8 Å². The van der Waals surface area contributed by atoms with Crippen molar-refractivity contribution in [2.75, 3.05) is 6.26 Å². The fraction of sp³-hybridized carbons (Fsp3) is 0.125. The van der Waals surface area contributed by atoms with Crippen molar-refractivity contribution >= 4 is 16.8 Å². The molecular weight excluding hydrogens is 237 g/mol. The molecule has 0 spiro atoms. The molecule has 0 aliphatic rings. The summed E-state index contributed by atoms with van der Waals surface area (Å²) in [6.07, 6.45) is 1.29. The van der Waals surface area contributed by atoms with E-state index in [1.807, 2.05) is 0 Å². The Morgan fingerprint density at radius 2 is 1.20 bits per heavy atom. The Labute approximate surface area is 85.8 Å². The zero-order valence-corrected chi connectivity index (χ0v) is 8.11. The fourth-order valence-corrected chi connectivity index (χ4v) is 1.29. The van der Waals surface area contributed by atoms with E-state index in [4.69, 9.17) is 5.41 Å². The van der Waals surface area contributed by atoms with Crippen LogP contribution in [0.2, 0.25) is 0 Å². The Morgan fingerprint density at radius 3 is 1.53 bits per heavy atom. The minimum atomic E-state index is -2.22. The van der Waals surface area contributed by atoms with Crippen LogP contribution in [0.15, 0.2) is 0 Å². The van der Waals surface area contributed by atoms with E-state index in [-0.39, 0.29) is 0 Å². The molecule has 15 heavy (non-hydrogen) atoms. The van der Waals surface area contributed by atoms with Gasteiger partial charge in [0, 0.05) is 0 Å². The number of thioether (sulfide) groups is 1. The summed E-state index contributed by atoms with van der Waals surface area (Å²) in [5.74, 6) is -10.3. The molecule has 0 bridgehead atoms.